The van der Waals surface area contributed by atoms with Crippen molar-refractivity contribution >= 4 is 15.2 Å². The van der Waals surface area contributed by atoms with Gasteiger partial charge in [0.15, 0.2) is 0 Å². The Morgan fingerprint density at radius 3 is 1.06 bits per heavy atom. The van der Waals surface area contributed by atoms with Crippen LogP contribution in [-0.2, 0) is 0 Å². The zero-order valence-electron chi connectivity index (χ0n) is 10.8. The van der Waals surface area contributed by atoms with Crippen LogP contribution in [0.1, 0.15) is 0 Å². The highest BCUT2D eigenvalue weighted by Crippen LogP contribution is 2.42. The molecular weight excluding hydrogens is 224 g/mol. The molecule has 0 saturated heterocycles. The van der Waals surface area contributed by atoms with E-state index in [-0.39, 0.29) is 0 Å². The van der Waals surface area contributed by atoms with Crippen LogP contribution in [0.5, 0.6) is 0 Å². The van der Waals surface area contributed by atoms with E-state index < -0.39 is 15.2 Å². The standard InChI is InChI=1S/C14H22Si2/c1-15(2,13-9-5-6-10-13)16(3,4)14-11-7-8-12-14/h5-14H,1-4H3. The molecule has 0 saturated carbocycles. The summed E-state index contributed by atoms with van der Waals surface area (Å²) in [5.74, 6) is 0. The summed E-state index contributed by atoms with van der Waals surface area (Å²) in [7, 11) is -2.40. The van der Waals surface area contributed by atoms with Gasteiger partial charge in [0.1, 0.15) is 0 Å². The predicted molar refractivity (Wildman–Crippen MR) is 79.0 cm³/mol. The molecule has 2 rings (SSSR count). The van der Waals surface area contributed by atoms with Gasteiger partial charge in [-0.15, -0.1) is 0 Å². The molecule has 0 nitrogen and oxygen atoms in total. The zero-order chi connectivity index (χ0) is 11.8. The predicted octanol–water partition coefficient (Wildman–Crippen LogP) is 4.47. The summed E-state index contributed by atoms with van der Waals surface area (Å²) in [6.45, 7) is 10.3. The molecule has 0 heterocycles. The van der Waals surface area contributed by atoms with Gasteiger partial charge in [-0.1, -0.05) is 74.8 Å². The lowest BCUT2D eigenvalue weighted by molar-refractivity contribution is 1.26. The molecule has 0 aromatic rings. The largest absolute Gasteiger partial charge is 0.0806 e. The minimum Gasteiger partial charge on any atom is -0.0806 e. The monoisotopic (exact) mass is 246 g/mol. The molecule has 0 N–H and O–H groups in total. The number of hydrogen-bond acceptors (Lipinski definition) is 0. The van der Waals surface area contributed by atoms with Crippen molar-refractivity contribution in [3.63, 3.8) is 0 Å². The topological polar surface area (TPSA) is 0 Å². The number of hydrogen-bond donors (Lipinski definition) is 0. The fourth-order valence-corrected chi connectivity index (χ4v) is 13.1. The molecule has 0 aliphatic heterocycles. The summed E-state index contributed by atoms with van der Waals surface area (Å²) in [5.41, 5.74) is 1.52. The molecule has 0 spiro atoms. The summed E-state index contributed by atoms with van der Waals surface area (Å²) >= 11 is 0. The van der Waals surface area contributed by atoms with Gasteiger partial charge in [0, 0.05) is 0 Å². The van der Waals surface area contributed by atoms with Gasteiger partial charge in [-0.25, -0.2) is 0 Å². The Morgan fingerprint density at radius 1 is 0.562 bits per heavy atom. The highest BCUT2D eigenvalue weighted by atomic mass is 29.3. The second-order valence-corrected chi connectivity index (χ2v) is 22.0. The van der Waals surface area contributed by atoms with E-state index in [2.05, 4.69) is 74.8 Å². The number of rotatable bonds is 3. The quantitative estimate of drug-likeness (QED) is 0.644. The molecule has 0 aromatic carbocycles. The molecule has 16 heavy (non-hydrogen) atoms. The Balaban J connectivity index is 2.27. The molecule has 0 bridgehead atoms. The molecule has 0 fully saturated rings. The maximum absolute atomic E-state index is 2.59. The SMILES string of the molecule is C[Si](C)(C1C=CC=C1)[Si](C)(C)C1C=CC=C1. The van der Waals surface area contributed by atoms with Crippen LogP contribution in [0.15, 0.2) is 48.6 Å². The zero-order valence-corrected chi connectivity index (χ0v) is 12.8. The van der Waals surface area contributed by atoms with Gasteiger partial charge in [0.25, 0.3) is 0 Å². The van der Waals surface area contributed by atoms with Gasteiger partial charge in [-0.05, 0) is 11.1 Å². The average Bonchev–Trinajstić information content (AvgIpc) is 2.91. The van der Waals surface area contributed by atoms with E-state index in [9.17, 15) is 0 Å². The molecule has 86 valence electrons. The number of allylic oxidation sites excluding steroid dienone is 8. The maximum Gasteiger partial charge on any atom is 0.0540 e. The molecular formula is C14H22Si2. The second-order valence-electron chi connectivity index (χ2n) is 6.03. The molecule has 0 unspecified atom stereocenters. The first-order valence-electron chi connectivity index (χ1n) is 6.16. The lowest BCUT2D eigenvalue weighted by atomic mass is 10.5. The van der Waals surface area contributed by atoms with Gasteiger partial charge in [-0.2, -0.15) is 0 Å². The molecule has 0 atom stereocenters. The van der Waals surface area contributed by atoms with Crippen molar-refractivity contribution in [2.45, 2.75) is 37.3 Å². The van der Waals surface area contributed by atoms with E-state index in [0.29, 0.717) is 0 Å². The van der Waals surface area contributed by atoms with Crippen LogP contribution in [0.3, 0.4) is 0 Å². The highest BCUT2D eigenvalue weighted by Gasteiger charge is 2.48. The summed E-state index contributed by atoms with van der Waals surface area (Å²) in [6, 6.07) is 0. The fourth-order valence-electron chi connectivity index (χ4n) is 2.69. The summed E-state index contributed by atoms with van der Waals surface area (Å²) in [6.07, 6.45) is 18.6. The van der Waals surface area contributed by atoms with Crippen LogP contribution >= 0.6 is 0 Å². The third-order valence-corrected chi connectivity index (χ3v) is 24.2. The Morgan fingerprint density at radius 2 is 0.812 bits per heavy atom. The van der Waals surface area contributed by atoms with E-state index in [4.69, 9.17) is 0 Å². The van der Waals surface area contributed by atoms with E-state index in [1.54, 1.807) is 0 Å². The van der Waals surface area contributed by atoms with Crippen molar-refractivity contribution < 1.29 is 0 Å². The van der Waals surface area contributed by atoms with Crippen LogP contribution in [0, 0.1) is 0 Å². The lowest BCUT2D eigenvalue weighted by Crippen LogP contribution is -2.58. The van der Waals surface area contributed by atoms with E-state index in [1.165, 1.54) is 0 Å². The molecule has 2 aliphatic carbocycles. The molecule has 2 aliphatic rings. The summed E-state index contributed by atoms with van der Waals surface area (Å²) < 4.78 is 0. The third kappa shape index (κ3) is 1.74. The molecule has 0 amide bonds. The molecule has 0 radical (unpaired) electrons. The lowest BCUT2D eigenvalue weighted by Gasteiger charge is -2.44. The van der Waals surface area contributed by atoms with Crippen LogP contribution in [0.4, 0.5) is 0 Å². The van der Waals surface area contributed by atoms with E-state index in [0.717, 1.165) is 11.1 Å². The Hall–Kier alpha value is -0.606. The van der Waals surface area contributed by atoms with E-state index in [1.807, 2.05) is 0 Å². The van der Waals surface area contributed by atoms with Gasteiger partial charge < -0.3 is 0 Å². The average molecular weight is 247 g/mol. The Kier molecular flexibility index (Phi) is 2.97. The normalized spacial score (nSPS) is 21.5. The van der Waals surface area contributed by atoms with Crippen molar-refractivity contribution in [2.75, 3.05) is 0 Å². The maximum atomic E-state index is 2.59. The first kappa shape index (κ1) is 11.9. The van der Waals surface area contributed by atoms with Crippen molar-refractivity contribution in [3.8, 4) is 0 Å². The van der Waals surface area contributed by atoms with Crippen LogP contribution in [0.25, 0.3) is 0 Å². The molecule has 0 aromatic heterocycles. The second kappa shape index (κ2) is 4.00. The first-order chi connectivity index (χ1) is 7.46. The fraction of sp³-hybridized carbons (Fsp3) is 0.429. The Bertz CT molecular complexity index is 322. The van der Waals surface area contributed by atoms with Crippen LogP contribution < -0.4 is 0 Å². The van der Waals surface area contributed by atoms with Gasteiger partial charge in [0.05, 0.1) is 15.2 Å². The minimum atomic E-state index is -1.20. The van der Waals surface area contributed by atoms with Gasteiger partial charge in [0.2, 0.25) is 0 Å². The third-order valence-electron chi connectivity index (χ3n) is 4.82. The van der Waals surface area contributed by atoms with Crippen molar-refractivity contribution in [3.05, 3.63) is 48.6 Å². The van der Waals surface area contributed by atoms with E-state index >= 15 is 0 Å². The van der Waals surface area contributed by atoms with Crippen molar-refractivity contribution in [1.82, 2.24) is 0 Å². The Labute approximate surface area is 101 Å². The van der Waals surface area contributed by atoms with Crippen LogP contribution in [-0.4, -0.2) is 15.2 Å². The first-order valence-corrected chi connectivity index (χ1v) is 13.3. The van der Waals surface area contributed by atoms with Crippen LogP contribution in [0.2, 0.25) is 37.3 Å². The smallest absolute Gasteiger partial charge is 0.0540 e. The van der Waals surface area contributed by atoms with Gasteiger partial charge >= 0.3 is 0 Å². The van der Waals surface area contributed by atoms with Crippen molar-refractivity contribution in [1.29, 1.82) is 0 Å². The minimum absolute atomic E-state index is 0.761. The highest BCUT2D eigenvalue weighted by molar-refractivity contribution is 7.42. The summed E-state index contributed by atoms with van der Waals surface area (Å²) in [5, 5.41) is 0. The van der Waals surface area contributed by atoms with Gasteiger partial charge in [-0.3, -0.25) is 0 Å². The summed E-state index contributed by atoms with van der Waals surface area (Å²) in [4.78, 5) is 0. The van der Waals surface area contributed by atoms with Crippen molar-refractivity contribution in [2.24, 2.45) is 0 Å². The molecule has 2 heteroatoms.